The molecular formula is C10H21N3. The SMILES string of the molecule is CN(C)C(C)(C)CN=C(N)C1CC1. The molecule has 1 fully saturated rings. The van der Waals surface area contributed by atoms with Crippen LogP contribution in [-0.4, -0.2) is 36.9 Å². The maximum Gasteiger partial charge on any atom is 0.0969 e. The first-order valence-corrected chi connectivity index (χ1v) is 4.91. The van der Waals surface area contributed by atoms with E-state index in [2.05, 4.69) is 37.8 Å². The summed E-state index contributed by atoms with van der Waals surface area (Å²) in [6.45, 7) is 5.15. The zero-order chi connectivity index (χ0) is 10.1. The van der Waals surface area contributed by atoms with E-state index in [9.17, 15) is 0 Å². The topological polar surface area (TPSA) is 41.6 Å². The number of likely N-dealkylation sites (N-methyl/N-ethyl adjacent to an activating group) is 1. The molecule has 0 aromatic carbocycles. The third kappa shape index (κ3) is 2.99. The largest absolute Gasteiger partial charge is 0.387 e. The number of amidine groups is 1. The summed E-state index contributed by atoms with van der Waals surface area (Å²) in [6.07, 6.45) is 2.47. The smallest absolute Gasteiger partial charge is 0.0969 e. The highest BCUT2D eigenvalue weighted by Gasteiger charge is 2.26. The van der Waals surface area contributed by atoms with Crippen LogP contribution < -0.4 is 5.73 Å². The lowest BCUT2D eigenvalue weighted by Crippen LogP contribution is -2.41. The number of nitrogens with two attached hydrogens (primary N) is 1. The standard InChI is InChI=1S/C10H21N3/c1-10(2,13(3)4)7-12-9(11)8-5-6-8/h8H,5-7H2,1-4H3,(H2,11,12). The Bertz CT molecular complexity index is 202. The zero-order valence-electron chi connectivity index (χ0n) is 9.17. The summed E-state index contributed by atoms with van der Waals surface area (Å²) in [7, 11) is 4.14. The predicted molar refractivity (Wildman–Crippen MR) is 57.0 cm³/mol. The van der Waals surface area contributed by atoms with Crippen molar-refractivity contribution in [2.75, 3.05) is 20.6 Å². The molecule has 0 aromatic heterocycles. The minimum atomic E-state index is 0.111. The van der Waals surface area contributed by atoms with Crippen molar-refractivity contribution in [3.05, 3.63) is 0 Å². The Morgan fingerprint density at radius 1 is 1.46 bits per heavy atom. The average molecular weight is 183 g/mol. The first kappa shape index (κ1) is 10.5. The second-order valence-electron chi connectivity index (χ2n) is 4.72. The summed E-state index contributed by atoms with van der Waals surface area (Å²) >= 11 is 0. The lowest BCUT2D eigenvalue weighted by Gasteiger charge is -2.30. The first-order chi connectivity index (χ1) is 5.93. The quantitative estimate of drug-likeness (QED) is 0.523. The molecule has 0 bridgehead atoms. The van der Waals surface area contributed by atoms with E-state index in [-0.39, 0.29) is 5.54 Å². The van der Waals surface area contributed by atoms with Crippen LogP contribution in [0.1, 0.15) is 26.7 Å². The normalized spacial score (nSPS) is 19.6. The van der Waals surface area contributed by atoms with Crippen LogP contribution in [0.15, 0.2) is 4.99 Å². The molecule has 0 unspecified atom stereocenters. The van der Waals surface area contributed by atoms with Crippen LogP contribution >= 0.6 is 0 Å². The van der Waals surface area contributed by atoms with E-state index in [1.165, 1.54) is 12.8 Å². The summed E-state index contributed by atoms with van der Waals surface area (Å²) < 4.78 is 0. The Balaban J connectivity index is 2.43. The molecule has 0 heterocycles. The van der Waals surface area contributed by atoms with Crippen molar-refractivity contribution >= 4 is 5.84 Å². The highest BCUT2D eigenvalue weighted by atomic mass is 15.2. The van der Waals surface area contributed by atoms with Gasteiger partial charge in [-0.05, 0) is 40.8 Å². The van der Waals surface area contributed by atoms with Crippen LogP contribution in [0, 0.1) is 5.92 Å². The van der Waals surface area contributed by atoms with Gasteiger partial charge in [0.05, 0.1) is 12.4 Å². The van der Waals surface area contributed by atoms with Gasteiger partial charge in [0.1, 0.15) is 0 Å². The Morgan fingerprint density at radius 3 is 2.38 bits per heavy atom. The molecule has 0 saturated heterocycles. The van der Waals surface area contributed by atoms with Gasteiger partial charge in [0.2, 0.25) is 0 Å². The fourth-order valence-electron chi connectivity index (χ4n) is 0.934. The number of nitrogens with zero attached hydrogens (tertiary/aromatic N) is 2. The van der Waals surface area contributed by atoms with Crippen molar-refractivity contribution in [3.63, 3.8) is 0 Å². The molecule has 1 rings (SSSR count). The summed E-state index contributed by atoms with van der Waals surface area (Å²) in [6, 6.07) is 0. The summed E-state index contributed by atoms with van der Waals surface area (Å²) in [5.41, 5.74) is 5.93. The third-order valence-corrected chi connectivity index (χ3v) is 2.85. The lowest BCUT2D eigenvalue weighted by molar-refractivity contribution is 0.205. The molecule has 3 heteroatoms. The van der Waals surface area contributed by atoms with E-state index in [1.54, 1.807) is 0 Å². The van der Waals surface area contributed by atoms with Crippen molar-refractivity contribution in [3.8, 4) is 0 Å². The molecule has 0 aromatic rings. The fourth-order valence-corrected chi connectivity index (χ4v) is 0.934. The van der Waals surface area contributed by atoms with E-state index >= 15 is 0 Å². The number of aliphatic imine (C=N–C) groups is 1. The molecule has 0 spiro atoms. The van der Waals surface area contributed by atoms with Gasteiger partial charge in [-0.1, -0.05) is 0 Å². The summed E-state index contributed by atoms with van der Waals surface area (Å²) in [5, 5.41) is 0. The second-order valence-corrected chi connectivity index (χ2v) is 4.72. The Hall–Kier alpha value is -0.570. The van der Waals surface area contributed by atoms with Crippen molar-refractivity contribution in [2.24, 2.45) is 16.6 Å². The zero-order valence-corrected chi connectivity index (χ0v) is 9.17. The van der Waals surface area contributed by atoms with Gasteiger partial charge < -0.3 is 10.6 Å². The van der Waals surface area contributed by atoms with Crippen molar-refractivity contribution in [1.82, 2.24) is 4.90 Å². The number of hydrogen-bond donors (Lipinski definition) is 1. The van der Waals surface area contributed by atoms with Gasteiger partial charge in [0, 0.05) is 11.5 Å². The number of rotatable bonds is 4. The fraction of sp³-hybridized carbons (Fsp3) is 0.900. The van der Waals surface area contributed by atoms with E-state index in [0.29, 0.717) is 5.92 Å². The van der Waals surface area contributed by atoms with Crippen LogP contribution in [0.3, 0.4) is 0 Å². The number of hydrogen-bond acceptors (Lipinski definition) is 2. The van der Waals surface area contributed by atoms with Crippen molar-refractivity contribution in [2.45, 2.75) is 32.2 Å². The van der Waals surface area contributed by atoms with Gasteiger partial charge in [-0.3, -0.25) is 4.99 Å². The van der Waals surface area contributed by atoms with Gasteiger partial charge in [0.15, 0.2) is 0 Å². The van der Waals surface area contributed by atoms with Crippen LogP contribution in [0.25, 0.3) is 0 Å². The van der Waals surface area contributed by atoms with Crippen molar-refractivity contribution in [1.29, 1.82) is 0 Å². The van der Waals surface area contributed by atoms with Crippen LogP contribution in [0.4, 0.5) is 0 Å². The molecule has 0 radical (unpaired) electrons. The molecule has 0 atom stereocenters. The Morgan fingerprint density at radius 2 is 2.00 bits per heavy atom. The molecular weight excluding hydrogens is 162 g/mol. The van der Waals surface area contributed by atoms with E-state index in [0.717, 1.165) is 12.4 Å². The molecule has 2 N–H and O–H groups in total. The Labute approximate surface area is 81.0 Å². The van der Waals surface area contributed by atoms with E-state index in [1.807, 2.05) is 0 Å². The Kier molecular flexibility index (Phi) is 2.96. The van der Waals surface area contributed by atoms with Gasteiger partial charge in [-0.2, -0.15) is 0 Å². The maximum absolute atomic E-state index is 5.82. The molecule has 1 saturated carbocycles. The monoisotopic (exact) mass is 183 g/mol. The second kappa shape index (κ2) is 3.66. The molecule has 3 nitrogen and oxygen atoms in total. The van der Waals surface area contributed by atoms with Gasteiger partial charge in [0.25, 0.3) is 0 Å². The molecule has 0 aliphatic heterocycles. The average Bonchev–Trinajstić information content (AvgIpc) is 2.82. The van der Waals surface area contributed by atoms with Gasteiger partial charge >= 0.3 is 0 Å². The third-order valence-electron chi connectivity index (χ3n) is 2.85. The van der Waals surface area contributed by atoms with Crippen LogP contribution in [-0.2, 0) is 0 Å². The lowest BCUT2D eigenvalue weighted by atomic mass is 10.1. The van der Waals surface area contributed by atoms with Crippen molar-refractivity contribution < 1.29 is 0 Å². The molecule has 13 heavy (non-hydrogen) atoms. The minimum Gasteiger partial charge on any atom is -0.387 e. The van der Waals surface area contributed by atoms with Crippen LogP contribution in [0.2, 0.25) is 0 Å². The summed E-state index contributed by atoms with van der Waals surface area (Å²) in [4.78, 5) is 6.61. The highest BCUT2D eigenvalue weighted by molar-refractivity contribution is 5.84. The van der Waals surface area contributed by atoms with E-state index in [4.69, 9.17) is 5.73 Å². The first-order valence-electron chi connectivity index (χ1n) is 4.91. The molecule has 0 amide bonds. The maximum atomic E-state index is 5.82. The molecule has 1 aliphatic rings. The molecule has 1 aliphatic carbocycles. The molecule has 76 valence electrons. The van der Waals surface area contributed by atoms with Gasteiger partial charge in [-0.15, -0.1) is 0 Å². The summed E-state index contributed by atoms with van der Waals surface area (Å²) in [5.74, 6) is 1.45. The van der Waals surface area contributed by atoms with Crippen LogP contribution in [0.5, 0.6) is 0 Å². The predicted octanol–water partition coefficient (Wildman–Crippen LogP) is 1.09. The van der Waals surface area contributed by atoms with E-state index < -0.39 is 0 Å². The highest BCUT2D eigenvalue weighted by Crippen LogP contribution is 2.29. The van der Waals surface area contributed by atoms with Gasteiger partial charge in [-0.25, -0.2) is 0 Å². The minimum absolute atomic E-state index is 0.111.